The Bertz CT molecular complexity index is 1100. The molecule has 3 rings (SSSR count). The predicted molar refractivity (Wildman–Crippen MR) is 106 cm³/mol. The Balaban J connectivity index is 1.58. The van der Waals surface area contributed by atoms with Crippen LogP contribution in [0.4, 0.5) is 9.52 Å². The molecule has 142 valence electrons. The van der Waals surface area contributed by atoms with Crippen molar-refractivity contribution in [3.8, 4) is 0 Å². The lowest BCUT2D eigenvalue weighted by Crippen LogP contribution is -2.14. The Morgan fingerprint density at radius 1 is 1.22 bits per heavy atom. The number of anilines is 1. The number of fused-ring (bicyclic) bond motifs is 1. The number of hydrogen-bond donors (Lipinski definition) is 1. The monoisotopic (exact) mass is 426 g/mol. The second kappa shape index (κ2) is 7.92. The van der Waals surface area contributed by atoms with E-state index in [-0.39, 0.29) is 29.4 Å². The fraction of sp³-hybridized carbons (Fsp3) is 0.222. The Morgan fingerprint density at radius 2 is 1.93 bits per heavy atom. The van der Waals surface area contributed by atoms with Crippen molar-refractivity contribution < 1.29 is 17.6 Å². The highest BCUT2D eigenvalue weighted by molar-refractivity contribution is 7.91. The van der Waals surface area contributed by atoms with Crippen LogP contribution in [0, 0.1) is 12.7 Å². The van der Waals surface area contributed by atoms with Crippen LogP contribution in [0.2, 0.25) is 5.02 Å². The van der Waals surface area contributed by atoms with Crippen LogP contribution in [-0.2, 0) is 14.6 Å². The van der Waals surface area contributed by atoms with Gasteiger partial charge in [0.05, 0.1) is 20.9 Å². The molecule has 0 spiro atoms. The van der Waals surface area contributed by atoms with Gasteiger partial charge in [-0.1, -0.05) is 22.9 Å². The summed E-state index contributed by atoms with van der Waals surface area (Å²) < 4.78 is 38.2. The van der Waals surface area contributed by atoms with Gasteiger partial charge in [-0.15, -0.1) is 0 Å². The molecule has 9 heteroatoms. The predicted octanol–water partition coefficient (Wildman–Crippen LogP) is 4.59. The number of nitrogens with one attached hydrogen (secondary N) is 1. The molecule has 3 aromatic rings. The van der Waals surface area contributed by atoms with E-state index in [9.17, 15) is 17.6 Å². The number of hydrogen-bond acceptors (Lipinski definition) is 5. The maximum Gasteiger partial charge on any atom is 0.226 e. The van der Waals surface area contributed by atoms with Crippen LogP contribution in [0.3, 0.4) is 0 Å². The molecule has 0 saturated heterocycles. The average Bonchev–Trinajstić information content (AvgIpc) is 3.01. The highest BCUT2D eigenvalue weighted by Crippen LogP contribution is 2.31. The van der Waals surface area contributed by atoms with Gasteiger partial charge in [-0.3, -0.25) is 4.79 Å². The summed E-state index contributed by atoms with van der Waals surface area (Å²) in [6.45, 7) is 1.86. The molecule has 1 aromatic heterocycles. The zero-order valence-corrected chi connectivity index (χ0v) is 16.7. The number of sulfone groups is 1. The van der Waals surface area contributed by atoms with Crippen molar-refractivity contribution in [2.24, 2.45) is 0 Å². The van der Waals surface area contributed by atoms with Gasteiger partial charge in [0.2, 0.25) is 5.91 Å². The van der Waals surface area contributed by atoms with Crippen LogP contribution in [0.15, 0.2) is 41.3 Å². The first-order chi connectivity index (χ1) is 12.8. The minimum absolute atomic E-state index is 0.0378. The van der Waals surface area contributed by atoms with E-state index in [0.29, 0.717) is 10.2 Å². The van der Waals surface area contributed by atoms with Crippen LogP contribution in [0.1, 0.15) is 18.4 Å². The number of amides is 1. The average molecular weight is 427 g/mol. The fourth-order valence-electron chi connectivity index (χ4n) is 2.52. The highest BCUT2D eigenvalue weighted by Gasteiger charge is 2.16. The molecule has 27 heavy (non-hydrogen) atoms. The number of halogens is 2. The number of aryl methyl sites for hydroxylation is 1. The number of carbonyl (C=O) groups excluding carboxylic acids is 1. The van der Waals surface area contributed by atoms with Gasteiger partial charge in [0.15, 0.2) is 15.0 Å². The number of benzene rings is 2. The van der Waals surface area contributed by atoms with Crippen molar-refractivity contribution in [2.45, 2.75) is 24.7 Å². The van der Waals surface area contributed by atoms with Gasteiger partial charge in [-0.2, -0.15) is 0 Å². The third-order valence-electron chi connectivity index (χ3n) is 3.98. The lowest BCUT2D eigenvalue weighted by Gasteiger charge is -2.04. The minimum Gasteiger partial charge on any atom is -0.302 e. The third kappa shape index (κ3) is 4.63. The van der Waals surface area contributed by atoms with Gasteiger partial charge < -0.3 is 5.32 Å². The van der Waals surface area contributed by atoms with E-state index in [2.05, 4.69) is 10.3 Å². The maximum atomic E-state index is 12.9. The Hall–Kier alpha value is -2.03. The van der Waals surface area contributed by atoms with Crippen molar-refractivity contribution in [2.75, 3.05) is 11.1 Å². The van der Waals surface area contributed by atoms with Crippen molar-refractivity contribution in [3.05, 3.63) is 52.8 Å². The number of nitrogens with zero attached hydrogens (tertiary/aromatic N) is 1. The third-order valence-corrected chi connectivity index (χ3v) is 7.15. The van der Waals surface area contributed by atoms with Crippen molar-refractivity contribution in [1.82, 2.24) is 4.98 Å². The van der Waals surface area contributed by atoms with Gasteiger partial charge in [0, 0.05) is 11.4 Å². The van der Waals surface area contributed by atoms with Gasteiger partial charge in [-0.05, 0) is 55.3 Å². The van der Waals surface area contributed by atoms with E-state index in [0.717, 1.165) is 27.9 Å². The standard InChI is InChI=1S/C18H16ClFN2O3S2/c1-11-14(19)8-9-15-17(11)22-18(26-15)21-16(23)3-2-10-27(24,25)13-6-4-12(20)5-7-13/h4-9H,2-3,10H2,1H3,(H,21,22,23). The van der Waals surface area contributed by atoms with E-state index in [1.54, 1.807) is 6.07 Å². The molecule has 1 heterocycles. The first-order valence-electron chi connectivity index (χ1n) is 8.10. The minimum atomic E-state index is -3.55. The molecule has 0 aliphatic heterocycles. The second-order valence-corrected chi connectivity index (χ2v) is 9.51. The summed E-state index contributed by atoms with van der Waals surface area (Å²) >= 11 is 7.40. The van der Waals surface area contributed by atoms with E-state index >= 15 is 0 Å². The molecule has 5 nitrogen and oxygen atoms in total. The Kier molecular flexibility index (Phi) is 5.78. The summed E-state index contributed by atoms with van der Waals surface area (Å²) in [6.07, 6.45) is 0.192. The van der Waals surface area contributed by atoms with Gasteiger partial charge in [-0.25, -0.2) is 17.8 Å². The van der Waals surface area contributed by atoms with Crippen LogP contribution in [0.5, 0.6) is 0 Å². The van der Waals surface area contributed by atoms with Crippen LogP contribution < -0.4 is 5.32 Å². The molecule has 0 unspecified atom stereocenters. The molecule has 1 N–H and O–H groups in total. The summed E-state index contributed by atoms with van der Waals surface area (Å²) in [5.74, 6) is -1.01. The van der Waals surface area contributed by atoms with Gasteiger partial charge in [0.1, 0.15) is 5.82 Å². The molecule has 0 fully saturated rings. The molecule has 1 amide bonds. The lowest BCUT2D eigenvalue weighted by atomic mass is 10.2. The summed E-state index contributed by atoms with van der Waals surface area (Å²) in [5.41, 5.74) is 1.58. The number of rotatable bonds is 6. The summed E-state index contributed by atoms with van der Waals surface area (Å²) in [6, 6.07) is 8.26. The van der Waals surface area contributed by atoms with Crippen LogP contribution in [0.25, 0.3) is 10.2 Å². The number of thiazole rings is 1. The molecule has 0 atom stereocenters. The van der Waals surface area contributed by atoms with E-state index in [1.165, 1.54) is 23.5 Å². The smallest absolute Gasteiger partial charge is 0.226 e. The normalized spacial score (nSPS) is 11.7. The van der Waals surface area contributed by atoms with Crippen molar-refractivity contribution in [1.29, 1.82) is 0 Å². The van der Waals surface area contributed by atoms with E-state index in [4.69, 9.17) is 11.6 Å². The second-order valence-electron chi connectivity index (χ2n) is 5.96. The summed E-state index contributed by atoms with van der Waals surface area (Å²) in [4.78, 5) is 16.5. The Labute approximate surface area is 165 Å². The van der Waals surface area contributed by atoms with Gasteiger partial charge >= 0.3 is 0 Å². The van der Waals surface area contributed by atoms with Gasteiger partial charge in [0.25, 0.3) is 0 Å². The Morgan fingerprint density at radius 3 is 2.63 bits per heavy atom. The first-order valence-corrected chi connectivity index (χ1v) is 10.9. The maximum absolute atomic E-state index is 12.9. The molecular formula is C18H16ClFN2O3S2. The SMILES string of the molecule is Cc1c(Cl)ccc2sc(NC(=O)CCCS(=O)(=O)c3ccc(F)cc3)nc12. The summed E-state index contributed by atoms with van der Waals surface area (Å²) in [7, 11) is -3.55. The van der Waals surface area contributed by atoms with E-state index in [1.807, 2.05) is 13.0 Å². The lowest BCUT2D eigenvalue weighted by molar-refractivity contribution is -0.116. The number of carbonyl (C=O) groups is 1. The largest absolute Gasteiger partial charge is 0.302 e. The van der Waals surface area contributed by atoms with Crippen LogP contribution in [-0.4, -0.2) is 25.1 Å². The molecule has 0 saturated carbocycles. The quantitative estimate of drug-likeness (QED) is 0.585. The molecule has 0 bridgehead atoms. The highest BCUT2D eigenvalue weighted by atomic mass is 35.5. The van der Waals surface area contributed by atoms with Crippen LogP contribution >= 0.6 is 22.9 Å². The van der Waals surface area contributed by atoms with E-state index < -0.39 is 15.7 Å². The molecular weight excluding hydrogens is 411 g/mol. The number of aromatic nitrogens is 1. The summed E-state index contributed by atoms with van der Waals surface area (Å²) in [5, 5.41) is 3.75. The zero-order chi connectivity index (χ0) is 19.6. The molecule has 0 aliphatic rings. The molecule has 0 radical (unpaired) electrons. The first kappa shape index (κ1) is 19.7. The molecule has 0 aliphatic carbocycles. The van der Waals surface area contributed by atoms with Crippen molar-refractivity contribution >= 4 is 54.0 Å². The zero-order valence-electron chi connectivity index (χ0n) is 14.3. The fourth-order valence-corrected chi connectivity index (χ4v) is 4.92. The van der Waals surface area contributed by atoms with Crippen molar-refractivity contribution in [3.63, 3.8) is 0 Å². The topological polar surface area (TPSA) is 76.1 Å². The molecule has 2 aromatic carbocycles.